The summed E-state index contributed by atoms with van der Waals surface area (Å²) in [6.07, 6.45) is 0. The lowest BCUT2D eigenvalue weighted by atomic mass is 10.2. The summed E-state index contributed by atoms with van der Waals surface area (Å²) in [5, 5.41) is 22.3. The van der Waals surface area contributed by atoms with Crippen molar-refractivity contribution in [2.45, 2.75) is 0 Å². The highest BCUT2D eigenvalue weighted by atomic mass is 19.1. The van der Waals surface area contributed by atoms with Gasteiger partial charge in [-0.1, -0.05) is 6.07 Å². The lowest BCUT2D eigenvalue weighted by Crippen LogP contribution is -2.13. The van der Waals surface area contributed by atoms with Gasteiger partial charge in [0.25, 0.3) is 11.6 Å². The Morgan fingerprint density at radius 2 is 2.00 bits per heavy atom. The molecule has 0 spiro atoms. The summed E-state index contributed by atoms with van der Waals surface area (Å²) in [5.41, 5.74) is -0.563. The first-order valence-electron chi connectivity index (χ1n) is 5.51. The molecule has 0 saturated carbocycles. The van der Waals surface area contributed by atoms with E-state index in [0.717, 1.165) is 18.2 Å². The first kappa shape index (κ1) is 13.5. The first-order chi connectivity index (χ1) is 9.47. The molecule has 0 aliphatic carbocycles. The molecular formula is C13H9FN2O4. The van der Waals surface area contributed by atoms with Crippen molar-refractivity contribution in [3.05, 3.63) is 64.0 Å². The van der Waals surface area contributed by atoms with Crippen molar-refractivity contribution in [1.82, 2.24) is 0 Å². The number of rotatable bonds is 3. The Balaban J connectivity index is 2.32. The molecule has 7 heteroatoms. The van der Waals surface area contributed by atoms with Gasteiger partial charge in [-0.15, -0.1) is 0 Å². The maximum absolute atomic E-state index is 13.1. The third-order valence-electron chi connectivity index (χ3n) is 2.51. The van der Waals surface area contributed by atoms with Crippen LogP contribution in [0, 0.1) is 15.9 Å². The topological polar surface area (TPSA) is 92.5 Å². The van der Waals surface area contributed by atoms with Crippen LogP contribution in [0.25, 0.3) is 0 Å². The zero-order chi connectivity index (χ0) is 14.7. The van der Waals surface area contributed by atoms with Crippen molar-refractivity contribution in [1.29, 1.82) is 0 Å². The van der Waals surface area contributed by atoms with Gasteiger partial charge in [0.2, 0.25) is 0 Å². The van der Waals surface area contributed by atoms with E-state index in [4.69, 9.17) is 0 Å². The Morgan fingerprint density at radius 3 is 2.65 bits per heavy atom. The summed E-state index contributed by atoms with van der Waals surface area (Å²) >= 11 is 0. The van der Waals surface area contributed by atoms with Crippen molar-refractivity contribution in [2.24, 2.45) is 0 Å². The van der Waals surface area contributed by atoms with Gasteiger partial charge in [-0.3, -0.25) is 14.9 Å². The van der Waals surface area contributed by atoms with Gasteiger partial charge in [0.05, 0.1) is 4.92 Å². The minimum atomic E-state index is -0.725. The predicted molar refractivity (Wildman–Crippen MR) is 69.1 cm³/mol. The van der Waals surface area contributed by atoms with E-state index in [9.17, 15) is 24.4 Å². The molecule has 2 N–H and O–H groups in total. The number of halogens is 1. The number of hydrogen-bond acceptors (Lipinski definition) is 4. The first-order valence-corrected chi connectivity index (χ1v) is 5.51. The van der Waals surface area contributed by atoms with Crippen LogP contribution < -0.4 is 5.32 Å². The third kappa shape index (κ3) is 2.89. The average Bonchev–Trinajstić information content (AvgIpc) is 2.38. The second-order valence-electron chi connectivity index (χ2n) is 3.92. The zero-order valence-corrected chi connectivity index (χ0v) is 10.0. The summed E-state index contributed by atoms with van der Waals surface area (Å²) in [4.78, 5) is 22.0. The lowest BCUT2D eigenvalue weighted by Gasteiger charge is -2.06. The Hall–Kier alpha value is -2.96. The molecule has 102 valence electrons. The van der Waals surface area contributed by atoms with Crippen LogP contribution in [-0.4, -0.2) is 15.9 Å². The van der Waals surface area contributed by atoms with E-state index in [2.05, 4.69) is 5.32 Å². The average molecular weight is 276 g/mol. The molecule has 20 heavy (non-hydrogen) atoms. The molecule has 2 aromatic rings. The minimum Gasteiger partial charge on any atom is -0.508 e. The van der Waals surface area contributed by atoms with Crippen LogP contribution in [0.1, 0.15) is 10.4 Å². The molecule has 0 radical (unpaired) electrons. The number of benzene rings is 2. The maximum Gasteiger partial charge on any atom is 0.292 e. The quantitative estimate of drug-likeness (QED) is 0.665. The van der Waals surface area contributed by atoms with Crippen LogP contribution in [0.4, 0.5) is 15.8 Å². The van der Waals surface area contributed by atoms with E-state index >= 15 is 0 Å². The van der Waals surface area contributed by atoms with Gasteiger partial charge < -0.3 is 10.4 Å². The monoisotopic (exact) mass is 276 g/mol. The molecule has 0 aromatic heterocycles. The highest BCUT2D eigenvalue weighted by Crippen LogP contribution is 2.25. The minimum absolute atomic E-state index is 0.101. The number of amides is 1. The number of nitro benzene ring substituents is 1. The van der Waals surface area contributed by atoms with Gasteiger partial charge in [0, 0.05) is 17.7 Å². The fourth-order valence-corrected chi connectivity index (χ4v) is 1.61. The van der Waals surface area contributed by atoms with Crippen molar-refractivity contribution in [3.63, 3.8) is 0 Å². The predicted octanol–water partition coefficient (Wildman–Crippen LogP) is 2.69. The Labute approximate surface area is 112 Å². The maximum atomic E-state index is 13.1. The fourth-order valence-electron chi connectivity index (χ4n) is 1.61. The summed E-state index contributed by atoms with van der Waals surface area (Å²) in [5.74, 6) is -1.51. The van der Waals surface area contributed by atoms with Crippen LogP contribution in [0.5, 0.6) is 5.75 Å². The number of aromatic hydroxyl groups is 1. The number of phenolic OH excluding ortho intramolecular Hbond substituents is 1. The van der Waals surface area contributed by atoms with Crippen LogP contribution in [0.2, 0.25) is 0 Å². The summed E-state index contributed by atoms with van der Waals surface area (Å²) in [7, 11) is 0. The standard InChI is InChI=1S/C13H9FN2O4/c14-9-4-5-12(16(19)20)11(7-9)15-13(18)8-2-1-3-10(17)6-8/h1-7,17H,(H,15,18). The number of carbonyl (C=O) groups is 1. The van der Waals surface area contributed by atoms with Crippen molar-refractivity contribution in [2.75, 3.05) is 5.32 Å². The summed E-state index contributed by atoms with van der Waals surface area (Å²) < 4.78 is 13.1. The lowest BCUT2D eigenvalue weighted by molar-refractivity contribution is -0.384. The van der Waals surface area contributed by atoms with Gasteiger partial charge in [0.1, 0.15) is 17.3 Å². The number of carbonyl (C=O) groups excluding carboxylic acids is 1. The molecule has 0 unspecified atom stereocenters. The zero-order valence-electron chi connectivity index (χ0n) is 10.0. The Bertz CT molecular complexity index is 688. The van der Waals surface area contributed by atoms with Crippen LogP contribution >= 0.6 is 0 Å². The number of hydrogen-bond donors (Lipinski definition) is 2. The van der Waals surface area contributed by atoms with E-state index in [1.54, 1.807) is 0 Å². The van der Waals surface area contributed by atoms with Crippen LogP contribution in [0.15, 0.2) is 42.5 Å². The van der Waals surface area contributed by atoms with Gasteiger partial charge in [-0.2, -0.15) is 0 Å². The fraction of sp³-hybridized carbons (Fsp3) is 0. The molecular weight excluding hydrogens is 267 g/mol. The largest absolute Gasteiger partial charge is 0.508 e. The van der Waals surface area contributed by atoms with Crippen molar-refractivity contribution in [3.8, 4) is 5.75 Å². The van der Waals surface area contributed by atoms with Gasteiger partial charge in [-0.05, 0) is 24.3 Å². The normalized spacial score (nSPS) is 10.1. The smallest absolute Gasteiger partial charge is 0.292 e. The van der Waals surface area contributed by atoms with E-state index in [1.165, 1.54) is 24.3 Å². The van der Waals surface area contributed by atoms with Crippen LogP contribution in [0.3, 0.4) is 0 Å². The van der Waals surface area contributed by atoms with E-state index in [0.29, 0.717) is 0 Å². The highest BCUT2D eigenvalue weighted by molar-refractivity contribution is 6.05. The third-order valence-corrected chi connectivity index (χ3v) is 2.51. The number of nitro groups is 1. The van der Waals surface area contributed by atoms with Gasteiger partial charge >= 0.3 is 0 Å². The molecule has 6 nitrogen and oxygen atoms in total. The molecule has 2 rings (SSSR count). The summed E-state index contributed by atoms with van der Waals surface area (Å²) in [6.45, 7) is 0. The number of phenols is 1. The van der Waals surface area contributed by atoms with Crippen molar-refractivity contribution < 1.29 is 19.2 Å². The van der Waals surface area contributed by atoms with Crippen LogP contribution in [-0.2, 0) is 0 Å². The second-order valence-corrected chi connectivity index (χ2v) is 3.92. The van der Waals surface area contributed by atoms with E-state index < -0.39 is 22.3 Å². The Kier molecular flexibility index (Phi) is 3.60. The molecule has 0 heterocycles. The van der Waals surface area contributed by atoms with Gasteiger partial charge in [0.15, 0.2) is 0 Å². The number of nitrogens with zero attached hydrogens (tertiary/aromatic N) is 1. The van der Waals surface area contributed by atoms with Crippen molar-refractivity contribution >= 4 is 17.3 Å². The molecule has 0 atom stereocenters. The number of nitrogens with one attached hydrogen (secondary N) is 1. The molecule has 0 fully saturated rings. The molecule has 2 aromatic carbocycles. The molecule has 0 saturated heterocycles. The highest BCUT2D eigenvalue weighted by Gasteiger charge is 2.17. The van der Waals surface area contributed by atoms with E-state index in [1.807, 2.05) is 0 Å². The molecule has 1 amide bonds. The summed E-state index contributed by atoms with van der Waals surface area (Å²) in [6, 6.07) is 8.20. The number of anilines is 1. The Morgan fingerprint density at radius 1 is 1.25 bits per heavy atom. The molecule has 0 bridgehead atoms. The second kappa shape index (κ2) is 5.35. The van der Waals surface area contributed by atoms with E-state index in [-0.39, 0.29) is 17.0 Å². The molecule has 0 aliphatic heterocycles. The van der Waals surface area contributed by atoms with Gasteiger partial charge in [-0.25, -0.2) is 4.39 Å². The molecule has 0 aliphatic rings. The SMILES string of the molecule is O=C(Nc1cc(F)ccc1[N+](=O)[O-])c1cccc(O)c1.